The predicted molar refractivity (Wildman–Crippen MR) is 99.4 cm³/mol. The van der Waals surface area contributed by atoms with Gasteiger partial charge < -0.3 is 5.32 Å². The zero-order valence-corrected chi connectivity index (χ0v) is 14.9. The number of thiazole rings is 1. The van der Waals surface area contributed by atoms with Crippen LogP contribution < -0.4 is 5.32 Å². The van der Waals surface area contributed by atoms with Gasteiger partial charge in [0.15, 0.2) is 0 Å². The van der Waals surface area contributed by atoms with Crippen LogP contribution in [0.5, 0.6) is 0 Å². The maximum Gasteiger partial charge on any atom is 0.251 e. The van der Waals surface area contributed by atoms with E-state index in [0.717, 1.165) is 27.4 Å². The molecule has 1 N–H and O–H groups in total. The van der Waals surface area contributed by atoms with Crippen molar-refractivity contribution in [3.8, 4) is 11.3 Å². The smallest absolute Gasteiger partial charge is 0.251 e. The molecule has 1 amide bonds. The predicted octanol–water partition coefficient (Wildman–Crippen LogP) is 4.67. The van der Waals surface area contributed by atoms with Crippen molar-refractivity contribution in [2.45, 2.75) is 27.3 Å². The molecule has 0 fully saturated rings. The Labute approximate surface area is 146 Å². The number of amides is 1. The molecule has 0 aliphatic heterocycles. The van der Waals surface area contributed by atoms with E-state index in [9.17, 15) is 4.79 Å². The molecular formula is C20H20N2OS. The molecule has 0 radical (unpaired) electrons. The van der Waals surface area contributed by atoms with E-state index in [-0.39, 0.29) is 5.91 Å². The van der Waals surface area contributed by atoms with Crippen molar-refractivity contribution < 1.29 is 4.79 Å². The molecule has 0 bridgehead atoms. The summed E-state index contributed by atoms with van der Waals surface area (Å²) in [7, 11) is 0. The molecular weight excluding hydrogens is 316 g/mol. The highest BCUT2D eigenvalue weighted by Gasteiger charge is 2.07. The third kappa shape index (κ3) is 3.71. The highest BCUT2D eigenvalue weighted by atomic mass is 32.1. The summed E-state index contributed by atoms with van der Waals surface area (Å²) in [6, 6.07) is 13.9. The van der Waals surface area contributed by atoms with Gasteiger partial charge in [-0.05, 0) is 49.6 Å². The number of hydrogen-bond donors (Lipinski definition) is 1. The number of rotatable bonds is 4. The van der Waals surface area contributed by atoms with Gasteiger partial charge in [-0.3, -0.25) is 4.79 Å². The Kier molecular flexibility index (Phi) is 4.76. The van der Waals surface area contributed by atoms with Gasteiger partial charge in [0.05, 0.1) is 10.7 Å². The van der Waals surface area contributed by atoms with Crippen LogP contribution in [-0.4, -0.2) is 10.9 Å². The second-order valence-electron chi connectivity index (χ2n) is 5.93. The second kappa shape index (κ2) is 6.97. The monoisotopic (exact) mass is 336 g/mol. The molecule has 0 atom stereocenters. The van der Waals surface area contributed by atoms with Crippen LogP contribution in [0.2, 0.25) is 0 Å². The Morgan fingerprint density at radius 3 is 2.42 bits per heavy atom. The molecule has 1 aromatic heterocycles. The first-order valence-corrected chi connectivity index (χ1v) is 8.78. The van der Waals surface area contributed by atoms with Crippen molar-refractivity contribution in [2.24, 2.45) is 0 Å². The summed E-state index contributed by atoms with van der Waals surface area (Å²) < 4.78 is 0. The summed E-state index contributed by atoms with van der Waals surface area (Å²) in [5.41, 5.74) is 6.20. The van der Waals surface area contributed by atoms with Gasteiger partial charge in [0.1, 0.15) is 0 Å². The SMILES string of the molecule is Cc1nc(-c2ccc(CNC(=O)c3ccc(C)c(C)c3)cc2)cs1. The van der Waals surface area contributed by atoms with Gasteiger partial charge in [-0.1, -0.05) is 30.3 Å². The van der Waals surface area contributed by atoms with Gasteiger partial charge in [0, 0.05) is 23.1 Å². The van der Waals surface area contributed by atoms with E-state index < -0.39 is 0 Å². The number of carbonyl (C=O) groups excluding carboxylic acids is 1. The number of nitrogens with zero attached hydrogens (tertiary/aromatic N) is 1. The van der Waals surface area contributed by atoms with E-state index >= 15 is 0 Å². The van der Waals surface area contributed by atoms with Crippen LogP contribution in [0.1, 0.15) is 32.1 Å². The molecule has 0 saturated heterocycles. The number of carbonyl (C=O) groups is 1. The number of aromatic nitrogens is 1. The average molecular weight is 336 g/mol. The Hall–Kier alpha value is -2.46. The highest BCUT2D eigenvalue weighted by molar-refractivity contribution is 7.09. The fraction of sp³-hybridized carbons (Fsp3) is 0.200. The molecule has 0 unspecified atom stereocenters. The maximum atomic E-state index is 12.3. The van der Waals surface area contributed by atoms with Crippen LogP contribution in [0, 0.1) is 20.8 Å². The van der Waals surface area contributed by atoms with E-state index in [1.54, 1.807) is 11.3 Å². The van der Waals surface area contributed by atoms with Gasteiger partial charge >= 0.3 is 0 Å². The minimum atomic E-state index is -0.0442. The van der Waals surface area contributed by atoms with Crippen LogP contribution in [0.25, 0.3) is 11.3 Å². The second-order valence-corrected chi connectivity index (χ2v) is 6.99. The Morgan fingerprint density at radius 1 is 1.04 bits per heavy atom. The molecule has 0 saturated carbocycles. The molecule has 3 rings (SSSR count). The van der Waals surface area contributed by atoms with Crippen LogP contribution in [0.3, 0.4) is 0 Å². The van der Waals surface area contributed by atoms with Gasteiger partial charge in [0.2, 0.25) is 0 Å². The van der Waals surface area contributed by atoms with Crippen molar-refractivity contribution >= 4 is 17.2 Å². The molecule has 122 valence electrons. The summed E-state index contributed by atoms with van der Waals surface area (Å²) in [5, 5.41) is 6.10. The summed E-state index contributed by atoms with van der Waals surface area (Å²) >= 11 is 1.65. The molecule has 4 heteroatoms. The lowest BCUT2D eigenvalue weighted by Gasteiger charge is -2.08. The molecule has 1 heterocycles. The van der Waals surface area contributed by atoms with Crippen molar-refractivity contribution in [3.63, 3.8) is 0 Å². The molecule has 3 aromatic rings. The first kappa shape index (κ1) is 16.4. The molecule has 2 aromatic carbocycles. The van der Waals surface area contributed by atoms with Crippen molar-refractivity contribution in [2.75, 3.05) is 0 Å². The minimum Gasteiger partial charge on any atom is -0.348 e. The molecule has 3 nitrogen and oxygen atoms in total. The third-order valence-electron chi connectivity index (χ3n) is 4.09. The zero-order chi connectivity index (χ0) is 17.1. The fourth-order valence-corrected chi connectivity index (χ4v) is 3.08. The molecule has 0 spiro atoms. The fourth-order valence-electron chi connectivity index (χ4n) is 2.46. The van der Waals surface area contributed by atoms with Crippen LogP contribution in [-0.2, 0) is 6.54 Å². The topological polar surface area (TPSA) is 42.0 Å². The molecule has 0 aliphatic rings. The summed E-state index contributed by atoms with van der Waals surface area (Å²) in [6.45, 7) is 6.58. The van der Waals surface area contributed by atoms with E-state index in [0.29, 0.717) is 12.1 Å². The lowest BCUT2D eigenvalue weighted by Crippen LogP contribution is -2.22. The molecule has 24 heavy (non-hydrogen) atoms. The number of nitrogens with one attached hydrogen (secondary N) is 1. The van der Waals surface area contributed by atoms with Crippen LogP contribution >= 0.6 is 11.3 Å². The Balaban J connectivity index is 1.64. The quantitative estimate of drug-likeness (QED) is 0.752. The van der Waals surface area contributed by atoms with Gasteiger partial charge in [0.25, 0.3) is 5.91 Å². The Bertz CT molecular complexity index is 866. The van der Waals surface area contributed by atoms with Crippen molar-refractivity contribution in [3.05, 3.63) is 75.1 Å². The van der Waals surface area contributed by atoms with Crippen LogP contribution in [0.15, 0.2) is 47.8 Å². The molecule has 0 aliphatic carbocycles. The normalized spacial score (nSPS) is 10.6. The lowest BCUT2D eigenvalue weighted by atomic mass is 10.1. The van der Waals surface area contributed by atoms with Gasteiger partial charge in [-0.15, -0.1) is 11.3 Å². The number of hydrogen-bond acceptors (Lipinski definition) is 3. The largest absolute Gasteiger partial charge is 0.348 e. The summed E-state index contributed by atoms with van der Waals surface area (Å²) in [6.07, 6.45) is 0. The first-order valence-electron chi connectivity index (χ1n) is 7.90. The zero-order valence-electron chi connectivity index (χ0n) is 14.1. The average Bonchev–Trinajstić information content (AvgIpc) is 3.02. The van der Waals surface area contributed by atoms with E-state index in [2.05, 4.69) is 15.7 Å². The van der Waals surface area contributed by atoms with E-state index in [1.807, 2.05) is 63.2 Å². The standard InChI is InChI=1S/C20H20N2OS/c1-13-4-7-18(10-14(13)2)20(23)21-11-16-5-8-17(9-6-16)19-12-24-15(3)22-19/h4-10,12H,11H2,1-3H3,(H,21,23). The first-order chi connectivity index (χ1) is 11.5. The number of aryl methyl sites for hydroxylation is 3. The van der Waals surface area contributed by atoms with Gasteiger partial charge in [-0.2, -0.15) is 0 Å². The third-order valence-corrected chi connectivity index (χ3v) is 4.86. The summed E-state index contributed by atoms with van der Waals surface area (Å²) in [5.74, 6) is -0.0442. The van der Waals surface area contributed by atoms with Crippen molar-refractivity contribution in [1.29, 1.82) is 0 Å². The lowest BCUT2D eigenvalue weighted by molar-refractivity contribution is 0.0951. The highest BCUT2D eigenvalue weighted by Crippen LogP contribution is 2.21. The van der Waals surface area contributed by atoms with E-state index in [4.69, 9.17) is 0 Å². The van der Waals surface area contributed by atoms with Crippen LogP contribution in [0.4, 0.5) is 0 Å². The maximum absolute atomic E-state index is 12.3. The minimum absolute atomic E-state index is 0.0442. The van der Waals surface area contributed by atoms with E-state index in [1.165, 1.54) is 5.56 Å². The van der Waals surface area contributed by atoms with Gasteiger partial charge in [-0.25, -0.2) is 4.98 Å². The summed E-state index contributed by atoms with van der Waals surface area (Å²) in [4.78, 5) is 16.7. The number of benzene rings is 2. The Morgan fingerprint density at radius 2 is 1.79 bits per heavy atom. The van der Waals surface area contributed by atoms with Crippen molar-refractivity contribution in [1.82, 2.24) is 10.3 Å².